The quantitative estimate of drug-likeness (QED) is 0.829. The number of likely N-dealkylation sites (tertiary alicyclic amines) is 1. The first kappa shape index (κ1) is 18.9. The van der Waals surface area contributed by atoms with Crippen LogP contribution < -0.4 is 11.1 Å². The van der Waals surface area contributed by atoms with Gasteiger partial charge in [0.05, 0.1) is 6.61 Å². The maximum atomic E-state index is 12.2. The van der Waals surface area contributed by atoms with E-state index in [0.29, 0.717) is 12.1 Å². The Hall–Kier alpha value is -1.14. The second kappa shape index (κ2) is 9.79. The SMILES string of the molecule is COCCN1CCC(NC(=O)c2ccc(CN)cc2)CC1.Cl. The van der Waals surface area contributed by atoms with Crippen LogP contribution in [-0.2, 0) is 11.3 Å². The number of nitrogens with one attached hydrogen (secondary N) is 1. The lowest BCUT2D eigenvalue weighted by Gasteiger charge is -2.32. The molecule has 1 saturated heterocycles. The van der Waals surface area contributed by atoms with Gasteiger partial charge in [0.25, 0.3) is 5.91 Å². The van der Waals surface area contributed by atoms with Gasteiger partial charge >= 0.3 is 0 Å². The number of piperidine rings is 1. The Morgan fingerprint density at radius 2 is 1.95 bits per heavy atom. The molecule has 3 N–H and O–H groups in total. The average Bonchev–Trinajstić information content (AvgIpc) is 2.54. The van der Waals surface area contributed by atoms with Gasteiger partial charge in [0.1, 0.15) is 0 Å². The van der Waals surface area contributed by atoms with Gasteiger partial charge in [-0.25, -0.2) is 0 Å². The van der Waals surface area contributed by atoms with Crippen LogP contribution in [0, 0.1) is 0 Å². The number of amides is 1. The van der Waals surface area contributed by atoms with E-state index in [1.54, 1.807) is 7.11 Å². The highest BCUT2D eigenvalue weighted by Crippen LogP contribution is 2.11. The highest BCUT2D eigenvalue weighted by atomic mass is 35.5. The zero-order valence-corrected chi connectivity index (χ0v) is 13.9. The molecule has 1 amide bonds. The molecule has 0 radical (unpaired) electrons. The molecule has 0 unspecified atom stereocenters. The van der Waals surface area contributed by atoms with E-state index in [0.717, 1.165) is 44.6 Å². The van der Waals surface area contributed by atoms with E-state index in [2.05, 4.69) is 10.2 Å². The molecule has 5 nitrogen and oxygen atoms in total. The Bertz CT molecular complexity index is 445. The largest absolute Gasteiger partial charge is 0.383 e. The number of hydrogen-bond acceptors (Lipinski definition) is 4. The van der Waals surface area contributed by atoms with E-state index in [1.165, 1.54) is 0 Å². The Morgan fingerprint density at radius 1 is 1.32 bits per heavy atom. The molecular weight excluding hydrogens is 302 g/mol. The fourth-order valence-corrected chi connectivity index (χ4v) is 2.58. The zero-order valence-electron chi connectivity index (χ0n) is 13.1. The summed E-state index contributed by atoms with van der Waals surface area (Å²) < 4.78 is 5.09. The number of methoxy groups -OCH3 is 1. The minimum Gasteiger partial charge on any atom is -0.383 e. The average molecular weight is 328 g/mol. The van der Waals surface area contributed by atoms with Gasteiger partial charge in [0.15, 0.2) is 0 Å². The third-order valence-corrected chi connectivity index (χ3v) is 3.99. The summed E-state index contributed by atoms with van der Waals surface area (Å²) in [7, 11) is 1.73. The van der Waals surface area contributed by atoms with Gasteiger partial charge < -0.3 is 20.7 Å². The van der Waals surface area contributed by atoms with Gasteiger partial charge in [-0.15, -0.1) is 12.4 Å². The van der Waals surface area contributed by atoms with Crippen molar-refractivity contribution in [3.8, 4) is 0 Å². The van der Waals surface area contributed by atoms with Gasteiger partial charge in [0.2, 0.25) is 0 Å². The van der Waals surface area contributed by atoms with Crippen molar-refractivity contribution in [2.45, 2.75) is 25.4 Å². The first-order chi connectivity index (χ1) is 10.2. The summed E-state index contributed by atoms with van der Waals surface area (Å²) in [5.74, 6) is 0.00825. The van der Waals surface area contributed by atoms with Crippen LogP contribution in [-0.4, -0.2) is 50.2 Å². The smallest absolute Gasteiger partial charge is 0.251 e. The summed E-state index contributed by atoms with van der Waals surface area (Å²) >= 11 is 0. The van der Waals surface area contributed by atoms with Crippen molar-refractivity contribution in [1.82, 2.24) is 10.2 Å². The van der Waals surface area contributed by atoms with Gasteiger partial charge in [-0.1, -0.05) is 12.1 Å². The minimum atomic E-state index is 0. The molecule has 1 fully saturated rings. The Kier molecular flexibility index (Phi) is 8.42. The highest BCUT2D eigenvalue weighted by Gasteiger charge is 2.20. The first-order valence-electron chi connectivity index (χ1n) is 7.54. The van der Waals surface area contributed by atoms with Gasteiger partial charge in [-0.2, -0.15) is 0 Å². The normalized spacial score (nSPS) is 16.1. The molecular formula is C16H26ClN3O2. The van der Waals surface area contributed by atoms with Gasteiger partial charge in [-0.05, 0) is 30.5 Å². The lowest BCUT2D eigenvalue weighted by molar-refractivity contribution is 0.0893. The number of benzene rings is 1. The third kappa shape index (κ3) is 5.57. The molecule has 0 bridgehead atoms. The second-order valence-corrected chi connectivity index (χ2v) is 5.48. The number of hydrogen-bond donors (Lipinski definition) is 2. The fourth-order valence-electron chi connectivity index (χ4n) is 2.58. The molecule has 0 saturated carbocycles. The Morgan fingerprint density at radius 3 is 2.50 bits per heavy atom. The van der Waals surface area contributed by atoms with Crippen molar-refractivity contribution in [2.24, 2.45) is 5.73 Å². The van der Waals surface area contributed by atoms with Crippen molar-refractivity contribution in [3.63, 3.8) is 0 Å². The van der Waals surface area contributed by atoms with E-state index in [1.807, 2.05) is 24.3 Å². The number of ether oxygens (including phenoxy) is 1. The van der Waals surface area contributed by atoms with E-state index < -0.39 is 0 Å². The fraction of sp³-hybridized carbons (Fsp3) is 0.562. The van der Waals surface area contributed by atoms with E-state index in [-0.39, 0.29) is 24.4 Å². The van der Waals surface area contributed by atoms with Crippen LogP contribution in [0.2, 0.25) is 0 Å². The summed E-state index contributed by atoms with van der Waals surface area (Å²) in [6.07, 6.45) is 1.99. The van der Waals surface area contributed by atoms with Crippen LogP contribution in [0.5, 0.6) is 0 Å². The van der Waals surface area contributed by atoms with Crippen molar-refractivity contribution < 1.29 is 9.53 Å². The van der Waals surface area contributed by atoms with E-state index in [4.69, 9.17) is 10.5 Å². The summed E-state index contributed by atoms with van der Waals surface area (Å²) in [5, 5.41) is 3.12. The Labute approximate surface area is 138 Å². The number of carbonyl (C=O) groups excluding carboxylic acids is 1. The summed E-state index contributed by atoms with van der Waals surface area (Å²) in [6.45, 7) is 4.27. The summed E-state index contributed by atoms with van der Waals surface area (Å²) in [6, 6.07) is 7.76. The molecule has 0 spiro atoms. The van der Waals surface area contributed by atoms with Crippen LogP contribution in [0.4, 0.5) is 0 Å². The van der Waals surface area contributed by atoms with Crippen molar-refractivity contribution in [2.75, 3.05) is 33.4 Å². The lowest BCUT2D eigenvalue weighted by Crippen LogP contribution is -2.45. The Balaban J connectivity index is 0.00000242. The van der Waals surface area contributed by atoms with Crippen molar-refractivity contribution in [3.05, 3.63) is 35.4 Å². The van der Waals surface area contributed by atoms with Gasteiger partial charge in [0, 0.05) is 44.9 Å². The third-order valence-electron chi connectivity index (χ3n) is 3.99. The molecule has 0 aromatic heterocycles. The zero-order chi connectivity index (χ0) is 15.1. The predicted octanol–water partition coefficient (Wildman–Crippen LogP) is 1.41. The number of nitrogens with two attached hydrogens (primary N) is 1. The number of nitrogens with zero attached hydrogens (tertiary/aromatic N) is 1. The molecule has 0 aliphatic carbocycles. The first-order valence-corrected chi connectivity index (χ1v) is 7.54. The predicted molar refractivity (Wildman–Crippen MR) is 90.4 cm³/mol. The molecule has 1 aromatic carbocycles. The van der Waals surface area contributed by atoms with Crippen LogP contribution in [0.1, 0.15) is 28.8 Å². The standard InChI is InChI=1S/C16H25N3O2.ClH/c1-21-11-10-19-8-6-15(7-9-19)18-16(20)14-4-2-13(12-17)3-5-14;/h2-5,15H,6-12,17H2,1H3,(H,18,20);1H. The molecule has 2 rings (SSSR count). The maximum Gasteiger partial charge on any atom is 0.251 e. The molecule has 1 aliphatic rings. The number of rotatable bonds is 6. The lowest BCUT2D eigenvalue weighted by atomic mass is 10.0. The summed E-state index contributed by atoms with van der Waals surface area (Å²) in [5.41, 5.74) is 7.30. The maximum absolute atomic E-state index is 12.2. The van der Waals surface area contributed by atoms with E-state index >= 15 is 0 Å². The topological polar surface area (TPSA) is 67.6 Å². The molecule has 1 aliphatic heterocycles. The molecule has 1 heterocycles. The monoisotopic (exact) mass is 327 g/mol. The number of halogens is 1. The second-order valence-electron chi connectivity index (χ2n) is 5.48. The van der Waals surface area contributed by atoms with Crippen LogP contribution in [0.3, 0.4) is 0 Å². The molecule has 1 aromatic rings. The van der Waals surface area contributed by atoms with Crippen LogP contribution >= 0.6 is 12.4 Å². The molecule has 22 heavy (non-hydrogen) atoms. The van der Waals surface area contributed by atoms with Crippen molar-refractivity contribution >= 4 is 18.3 Å². The summed E-state index contributed by atoms with van der Waals surface area (Å²) in [4.78, 5) is 14.6. The van der Waals surface area contributed by atoms with Crippen molar-refractivity contribution in [1.29, 1.82) is 0 Å². The minimum absolute atomic E-state index is 0. The molecule has 124 valence electrons. The molecule has 0 atom stereocenters. The van der Waals surface area contributed by atoms with Gasteiger partial charge in [-0.3, -0.25) is 4.79 Å². The van der Waals surface area contributed by atoms with Crippen LogP contribution in [0.25, 0.3) is 0 Å². The number of carbonyl (C=O) groups is 1. The van der Waals surface area contributed by atoms with Crippen LogP contribution in [0.15, 0.2) is 24.3 Å². The highest BCUT2D eigenvalue weighted by molar-refractivity contribution is 5.94. The van der Waals surface area contributed by atoms with E-state index in [9.17, 15) is 4.79 Å². The molecule has 6 heteroatoms.